The second-order valence-electron chi connectivity index (χ2n) is 5.42. The average molecular weight is 336 g/mol. The molecule has 0 heterocycles. The molecule has 6 heteroatoms. The van der Waals surface area contributed by atoms with Crippen LogP contribution < -0.4 is 0 Å². The SMILES string of the molecule is CCC(C)OP(=O)(O)Cc1c(C(=O)OC)ccc2ccccc12. The number of methoxy groups -OCH3 is 1. The molecule has 0 aromatic heterocycles. The van der Waals surface area contributed by atoms with Crippen LogP contribution in [0.25, 0.3) is 10.8 Å². The standard InChI is InChI=1S/C17H21O5P/c1-4-12(2)22-23(19,20)11-16-14-8-6-5-7-13(14)9-10-15(16)17(18)21-3/h5-10,12H,4,11H2,1-3H3,(H,19,20). The minimum Gasteiger partial charge on any atom is -0.465 e. The number of hydrogen-bond donors (Lipinski definition) is 1. The van der Waals surface area contributed by atoms with Gasteiger partial charge in [0.1, 0.15) is 0 Å². The van der Waals surface area contributed by atoms with Gasteiger partial charge in [-0.2, -0.15) is 0 Å². The van der Waals surface area contributed by atoms with Gasteiger partial charge in [-0.1, -0.05) is 37.3 Å². The van der Waals surface area contributed by atoms with Gasteiger partial charge in [0.15, 0.2) is 0 Å². The van der Waals surface area contributed by atoms with Gasteiger partial charge in [-0.3, -0.25) is 4.57 Å². The highest BCUT2D eigenvalue weighted by atomic mass is 31.2. The first kappa shape index (κ1) is 17.7. The second kappa shape index (κ2) is 7.26. The topological polar surface area (TPSA) is 72.8 Å². The van der Waals surface area contributed by atoms with Crippen molar-refractivity contribution in [3.8, 4) is 0 Å². The molecule has 0 aliphatic heterocycles. The number of esters is 1. The molecule has 0 fully saturated rings. The first-order valence-electron chi connectivity index (χ1n) is 7.47. The maximum absolute atomic E-state index is 12.4. The zero-order chi connectivity index (χ0) is 17.0. The fourth-order valence-electron chi connectivity index (χ4n) is 2.40. The van der Waals surface area contributed by atoms with Crippen molar-refractivity contribution in [1.29, 1.82) is 0 Å². The zero-order valence-corrected chi connectivity index (χ0v) is 14.4. The molecular weight excluding hydrogens is 315 g/mol. The van der Waals surface area contributed by atoms with E-state index in [1.807, 2.05) is 31.2 Å². The summed E-state index contributed by atoms with van der Waals surface area (Å²) >= 11 is 0. The molecule has 0 saturated carbocycles. The first-order valence-corrected chi connectivity index (χ1v) is 9.23. The Labute approximate surface area is 135 Å². The highest BCUT2D eigenvalue weighted by molar-refractivity contribution is 7.52. The predicted molar refractivity (Wildman–Crippen MR) is 89.7 cm³/mol. The first-order chi connectivity index (χ1) is 10.9. The molecule has 2 rings (SSSR count). The quantitative estimate of drug-likeness (QED) is 0.634. The number of carbonyl (C=O) groups excluding carboxylic acids is 1. The lowest BCUT2D eigenvalue weighted by atomic mass is 10.00. The summed E-state index contributed by atoms with van der Waals surface area (Å²) in [6.07, 6.45) is 0.0648. The van der Waals surface area contributed by atoms with Crippen LogP contribution in [0.2, 0.25) is 0 Å². The molecule has 0 radical (unpaired) electrons. The highest BCUT2D eigenvalue weighted by Gasteiger charge is 2.27. The molecule has 2 unspecified atom stereocenters. The minimum absolute atomic E-state index is 0.233. The molecule has 1 N–H and O–H groups in total. The third-order valence-electron chi connectivity index (χ3n) is 3.72. The maximum atomic E-state index is 12.4. The van der Waals surface area contributed by atoms with Crippen molar-refractivity contribution in [2.24, 2.45) is 0 Å². The average Bonchev–Trinajstić information content (AvgIpc) is 2.53. The molecule has 23 heavy (non-hydrogen) atoms. The van der Waals surface area contributed by atoms with Crippen LogP contribution in [0.3, 0.4) is 0 Å². The fourth-order valence-corrected chi connectivity index (χ4v) is 3.93. The van der Waals surface area contributed by atoms with Gasteiger partial charge in [0, 0.05) is 0 Å². The van der Waals surface area contributed by atoms with Crippen molar-refractivity contribution in [3.63, 3.8) is 0 Å². The summed E-state index contributed by atoms with van der Waals surface area (Å²) < 4.78 is 22.5. The Morgan fingerprint density at radius 1 is 1.26 bits per heavy atom. The highest BCUT2D eigenvalue weighted by Crippen LogP contribution is 2.49. The Balaban J connectivity index is 2.52. The van der Waals surface area contributed by atoms with E-state index in [9.17, 15) is 14.3 Å². The number of benzene rings is 2. The summed E-state index contributed by atoms with van der Waals surface area (Å²) in [7, 11) is -2.59. The Bertz CT molecular complexity index is 756. The predicted octanol–water partition coefficient (Wildman–Crippen LogP) is 4.13. The van der Waals surface area contributed by atoms with Crippen molar-refractivity contribution in [2.75, 3.05) is 7.11 Å². The number of carbonyl (C=O) groups is 1. The normalized spacial score (nSPS) is 15.1. The van der Waals surface area contributed by atoms with Crippen LogP contribution in [-0.4, -0.2) is 24.1 Å². The molecule has 0 amide bonds. The van der Waals surface area contributed by atoms with Crippen molar-refractivity contribution in [3.05, 3.63) is 47.5 Å². The third-order valence-corrected chi connectivity index (χ3v) is 5.13. The molecule has 0 aliphatic rings. The molecule has 0 spiro atoms. The van der Waals surface area contributed by atoms with Crippen LogP contribution in [-0.2, 0) is 20.0 Å². The molecule has 124 valence electrons. The van der Waals surface area contributed by atoms with E-state index in [0.717, 1.165) is 10.8 Å². The third kappa shape index (κ3) is 4.20. The van der Waals surface area contributed by atoms with Gasteiger partial charge in [0.25, 0.3) is 0 Å². The van der Waals surface area contributed by atoms with E-state index < -0.39 is 13.6 Å². The number of fused-ring (bicyclic) bond motifs is 1. The second-order valence-corrected chi connectivity index (χ2v) is 7.23. The zero-order valence-electron chi connectivity index (χ0n) is 13.5. The lowest BCUT2D eigenvalue weighted by Crippen LogP contribution is -2.09. The Morgan fingerprint density at radius 2 is 1.96 bits per heavy atom. The molecule has 2 aromatic rings. The summed E-state index contributed by atoms with van der Waals surface area (Å²) in [5.74, 6) is -0.533. The number of ether oxygens (including phenoxy) is 1. The summed E-state index contributed by atoms with van der Waals surface area (Å²) in [5, 5.41) is 1.64. The van der Waals surface area contributed by atoms with Crippen molar-refractivity contribution in [1.82, 2.24) is 0 Å². The van der Waals surface area contributed by atoms with Crippen LogP contribution in [0, 0.1) is 0 Å². The molecule has 0 saturated heterocycles. The van der Waals surface area contributed by atoms with E-state index in [4.69, 9.17) is 9.26 Å². The van der Waals surface area contributed by atoms with Crippen LogP contribution in [0.15, 0.2) is 36.4 Å². The minimum atomic E-state index is -3.88. The Morgan fingerprint density at radius 3 is 2.61 bits per heavy atom. The summed E-state index contributed by atoms with van der Waals surface area (Å²) in [4.78, 5) is 22.2. The van der Waals surface area contributed by atoms with Gasteiger partial charge in [0.2, 0.25) is 0 Å². The van der Waals surface area contributed by atoms with Crippen LogP contribution in [0.1, 0.15) is 36.2 Å². The largest absolute Gasteiger partial charge is 0.465 e. The van der Waals surface area contributed by atoms with Gasteiger partial charge in [-0.15, -0.1) is 0 Å². The van der Waals surface area contributed by atoms with Crippen molar-refractivity contribution in [2.45, 2.75) is 32.5 Å². The molecule has 0 aliphatic carbocycles. The van der Waals surface area contributed by atoms with Gasteiger partial charge >= 0.3 is 13.6 Å². The van der Waals surface area contributed by atoms with Gasteiger partial charge in [-0.25, -0.2) is 4.79 Å². The van der Waals surface area contributed by atoms with Gasteiger partial charge < -0.3 is 14.2 Å². The summed E-state index contributed by atoms with van der Waals surface area (Å²) in [6, 6.07) is 10.8. The van der Waals surface area contributed by atoms with E-state index in [1.165, 1.54) is 7.11 Å². The van der Waals surface area contributed by atoms with Crippen LogP contribution in [0.4, 0.5) is 0 Å². The molecule has 2 atom stereocenters. The van der Waals surface area contributed by atoms with E-state index >= 15 is 0 Å². The maximum Gasteiger partial charge on any atom is 0.338 e. The Kier molecular flexibility index (Phi) is 5.58. The summed E-state index contributed by atoms with van der Waals surface area (Å²) in [6.45, 7) is 3.62. The smallest absolute Gasteiger partial charge is 0.338 e. The van der Waals surface area contributed by atoms with Gasteiger partial charge in [0.05, 0.1) is 24.9 Å². The lowest BCUT2D eigenvalue weighted by Gasteiger charge is -2.19. The lowest BCUT2D eigenvalue weighted by molar-refractivity contribution is 0.0600. The molecule has 0 bridgehead atoms. The molecule has 2 aromatic carbocycles. The Hall–Kier alpha value is -1.68. The van der Waals surface area contributed by atoms with Crippen molar-refractivity contribution < 1.29 is 23.5 Å². The monoisotopic (exact) mass is 336 g/mol. The molecular formula is C17H21O5P. The number of hydrogen-bond acceptors (Lipinski definition) is 4. The van der Waals surface area contributed by atoms with E-state index in [0.29, 0.717) is 12.0 Å². The van der Waals surface area contributed by atoms with Gasteiger partial charge in [-0.05, 0) is 35.7 Å². The fraction of sp³-hybridized carbons (Fsp3) is 0.353. The molecule has 5 nitrogen and oxygen atoms in total. The van der Waals surface area contributed by atoms with E-state index in [2.05, 4.69) is 0 Å². The summed E-state index contributed by atoms with van der Waals surface area (Å²) in [5.41, 5.74) is 0.761. The van der Waals surface area contributed by atoms with E-state index in [-0.39, 0.29) is 17.8 Å². The number of rotatable bonds is 6. The van der Waals surface area contributed by atoms with Crippen LogP contribution >= 0.6 is 7.60 Å². The van der Waals surface area contributed by atoms with E-state index in [1.54, 1.807) is 19.1 Å². The van der Waals surface area contributed by atoms with Crippen molar-refractivity contribution >= 4 is 24.3 Å². The van der Waals surface area contributed by atoms with Crippen LogP contribution in [0.5, 0.6) is 0 Å².